The molecule has 1 aliphatic rings. The van der Waals surface area contributed by atoms with Crippen LogP contribution in [0.2, 0.25) is 0 Å². The summed E-state index contributed by atoms with van der Waals surface area (Å²) in [6, 6.07) is 11.8. The minimum absolute atomic E-state index is 0.542. The lowest BCUT2D eigenvalue weighted by atomic mass is 9.89. The number of hydrogen-bond donors (Lipinski definition) is 1. The van der Waals surface area contributed by atoms with Gasteiger partial charge in [0.1, 0.15) is 5.54 Å². The molecule has 3 heteroatoms. The first kappa shape index (κ1) is 15.0. The van der Waals surface area contributed by atoms with Crippen LogP contribution in [0.1, 0.15) is 44.1 Å². The van der Waals surface area contributed by atoms with Crippen molar-refractivity contribution in [2.24, 2.45) is 11.7 Å². The number of hydrogen-bond acceptors (Lipinski definition) is 3. The molecule has 1 aromatic rings. The summed E-state index contributed by atoms with van der Waals surface area (Å²) in [6.45, 7) is 1.37. The van der Waals surface area contributed by atoms with Gasteiger partial charge in [0, 0.05) is 19.6 Å². The third kappa shape index (κ3) is 4.06. The average Bonchev–Trinajstić information content (AvgIpc) is 2.53. The fourth-order valence-corrected chi connectivity index (χ4v) is 2.84. The van der Waals surface area contributed by atoms with Crippen molar-refractivity contribution >= 4 is 0 Å². The van der Waals surface area contributed by atoms with Crippen molar-refractivity contribution in [2.75, 3.05) is 13.2 Å². The van der Waals surface area contributed by atoms with E-state index in [1.807, 2.05) is 30.3 Å². The molecule has 1 saturated carbocycles. The van der Waals surface area contributed by atoms with Crippen LogP contribution < -0.4 is 5.73 Å². The molecule has 0 spiro atoms. The van der Waals surface area contributed by atoms with Crippen molar-refractivity contribution < 1.29 is 4.74 Å². The second kappa shape index (κ2) is 7.42. The molecular weight excluding hydrogens is 248 g/mol. The average molecular weight is 272 g/mol. The van der Waals surface area contributed by atoms with Gasteiger partial charge < -0.3 is 10.5 Å². The normalized spacial score (nSPS) is 19.2. The van der Waals surface area contributed by atoms with E-state index in [0.717, 1.165) is 12.2 Å². The van der Waals surface area contributed by atoms with Crippen LogP contribution in [0.3, 0.4) is 0 Å². The van der Waals surface area contributed by atoms with Gasteiger partial charge in [-0.05, 0) is 24.3 Å². The predicted molar refractivity (Wildman–Crippen MR) is 79.9 cm³/mol. The number of nitrogens with two attached hydrogens (primary N) is 1. The highest BCUT2D eigenvalue weighted by Crippen LogP contribution is 2.25. The van der Waals surface area contributed by atoms with Crippen LogP contribution in [-0.2, 0) is 10.3 Å². The molecule has 0 heterocycles. The molecule has 20 heavy (non-hydrogen) atoms. The number of ether oxygens (including phenoxy) is 1. The highest BCUT2D eigenvalue weighted by Gasteiger charge is 2.26. The van der Waals surface area contributed by atoms with Crippen molar-refractivity contribution in [1.29, 1.82) is 5.26 Å². The molecule has 1 unspecified atom stereocenters. The zero-order valence-electron chi connectivity index (χ0n) is 12.1. The van der Waals surface area contributed by atoms with Crippen molar-refractivity contribution in [3.8, 4) is 6.07 Å². The van der Waals surface area contributed by atoms with Crippen LogP contribution in [0.4, 0.5) is 0 Å². The van der Waals surface area contributed by atoms with Crippen LogP contribution in [-0.4, -0.2) is 13.2 Å². The highest BCUT2D eigenvalue weighted by molar-refractivity contribution is 5.30. The zero-order valence-corrected chi connectivity index (χ0v) is 12.1. The molecule has 3 nitrogen and oxygen atoms in total. The monoisotopic (exact) mass is 272 g/mol. The number of nitriles is 1. The van der Waals surface area contributed by atoms with Gasteiger partial charge in [0.2, 0.25) is 0 Å². The fourth-order valence-electron chi connectivity index (χ4n) is 2.84. The molecule has 0 amide bonds. The molecule has 2 N–H and O–H groups in total. The van der Waals surface area contributed by atoms with Gasteiger partial charge in [0.25, 0.3) is 0 Å². The largest absolute Gasteiger partial charge is 0.381 e. The maximum Gasteiger partial charge on any atom is 0.132 e. The second-order valence-electron chi connectivity index (χ2n) is 5.78. The van der Waals surface area contributed by atoms with E-state index in [1.165, 1.54) is 32.1 Å². The Kier molecular flexibility index (Phi) is 5.58. The van der Waals surface area contributed by atoms with Gasteiger partial charge in [-0.3, -0.25) is 0 Å². The summed E-state index contributed by atoms with van der Waals surface area (Å²) in [6.07, 6.45) is 7.13. The van der Waals surface area contributed by atoms with Crippen LogP contribution in [0, 0.1) is 17.2 Å². The minimum Gasteiger partial charge on any atom is -0.381 e. The Morgan fingerprint density at radius 2 is 1.90 bits per heavy atom. The van der Waals surface area contributed by atoms with E-state index in [2.05, 4.69) is 6.07 Å². The second-order valence-corrected chi connectivity index (χ2v) is 5.78. The predicted octanol–water partition coefficient (Wildman–Crippen LogP) is 3.35. The lowest BCUT2D eigenvalue weighted by Crippen LogP contribution is -2.36. The van der Waals surface area contributed by atoms with E-state index in [-0.39, 0.29) is 0 Å². The summed E-state index contributed by atoms with van der Waals surface area (Å²) in [5.74, 6) is 0.703. The molecule has 0 aromatic heterocycles. The van der Waals surface area contributed by atoms with Crippen molar-refractivity contribution in [3.05, 3.63) is 35.9 Å². The fraction of sp³-hybridized carbons (Fsp3) is 0.588. The van der Waals surface area contributed by atoms with Gasteiger partial charge in [-0.1, -0.05) is 49.6 Å². The summed E-state index contributed by atoms with van der Waals surface area (Å²) >= 11 is 0. The van der Waals surface area contributed by atoms with E-state index < -0.39 is 5.54 Å². The number of rotatable bonds is 6. The molecule has 1 aliphatic carbocycles. The highest BCUT2D eigenvalue weighted by atomic mass is 16.5. The standard InChI is InChI=1S/C17H24N2O/c18-14-17(19,16-9-5-2-6-10-16)11-12-20-13-15-7-3-1-4-8-15/h2,5-6,9-10,15H,1,3-4,7-8,11-13,19H2. The Bertz CT molecular complexity index is 434. The molecule has 0 aliphatic heterocycles. The summed E-state index contributed by atoms with van der Waals surface area (Å²) in [7, 11) is 0. The number of benzene rings is 1. The molecular formula is C17H24N2O. The quantitative estimate of drug-likeness (QED) is 0.808. The van der Waals surface area contributed by atoms with Crippen molar-refractivity contribution in [3.63, 3.8) is 0 Å². The van der Waals surface area contributed by atoms with Gasteiger partial charge >= 0.3 is 0 Å². The lowest BCUT2D eigenvalue weighted by Gasteiger charge is -2.24. The van der Waals surface area contributed by atoms with Gasteiger partial charge in [-0.25, -0.2) is 0 Å². The Balaban J connectivity index is 1.78. The summed E-state index contributed by atoms with van der Waals surface area (Å²) in [5, 5.41) is 9.36. The summed E-state index contributed by atoms with van der Waals surface area (Å²) in [5.41, 5.74) is 6.12. The van der Waals surface area contributed by atoms with Gasteiger partial charge in [0.15, 0.2) is 0 Å². The van der Waals surface area contributed by atoms with Crippen molar-refractivity contribution in [2.45, 2.75) is 44.1 Å². The first-order chi connectivity index (χ1) is 9.74. The van der Waals surface area contributed by atoms with E-state index in [9.17, 15) is 5.26 Å². The van der Waals surface area contributed by atoms with E-state index in [0.29, 0.717) is 18.9 Å². The Labute approximate surface area is 121 Å². The van der Waals surface area contributed by atoms with Crippen LogP contribution in [0.5, 0.6) is 0 Å². The van der Waals surface area contributed by atoms with Gasteiger partial charge in [0.05, 0.1) is 6.07 Å². The maximum absolute atomic E-state index is 9.36. The first-order valence-corrected chi connectivity index (χ1v) is 7.58. The third-order valence-corrected chi connectivity index (χ3v) is 4.21. The topological polar surface area (TPSA) is 59.0 Å². The Morgan fingerprint density at radius 3 is 2.55 bits per heavy atom. The third-order valence-electron chi connectivity index (χ3n) is 4.21. The Morgan fingerprint density at radius 1 is 1.20 bits per heavy atom. The van der Waals surface area contributed by atoms with E-state index >= 15 is 0 Å². The van der Waals surface area contributed by atoms with Crippen LogP contribution in [0.15, 0.2) is 30.3 Å². The summed E-state index contributed by atoms with van der Waals surface area (Å²) in [4.78, 5) is 0. The van der Waals surface area contributed by atoms with Crippen LogP contribution in [0.25, 0.3) is 0 Å². The summed E-state index contributed by atoms with van der Waals surface area (Å²) < 4.78 is 5.76. The molecule has 1 aromatic carbocycles. The molecule has 0 saturated heterocycles. The molecule has 1 fully saturated rings. The smallest absolute Gasteiger partial charge is 0.132 e. The molecule has 1 atom stereocenters. The minimum atomic E-state index is -0.937. The van der Waals surface area contributed by atoms with E-state index in [1.54, 1.807) is 0 Å². The molecule has 0 radical (unpaired) electrons. The maximum atomic E-state index is 9.36. The van der Waals surface area contributed by atoms with Gasteiger partial charge in [-0.2, -0.15) is 5.26 Å². The van der Waals surface area contributed by atoms with Crippen molar-refractivity contribution in [1.82, 2.24) is 0 Å². The Hall–Kier alpha value is -1.37. The SMILES string of the molecule is N#CC(N)(CCOCC1CCCCC1)c1ccccc1. The van der Waals surface area contributed by atoms with E-state index in [4.69, 9.17) is 10.5 Å². The molecule has 2 rings (SSSR count). The molecule has 0 bridgehead atoms. The first-order valence-electron chi connectivity index (χ1n) is 7.58. The zero-order chi connectivity index (χ0) is 14.3. The molecule has 108 valence electrons. The van der Waals surface area contributed by atoms with Crippen LogP contribution >= 0.6 is 0 Å². The number of nitrogens with zero attached hydrogens (tertiary/aromatic N) is 1. The van der Waals surface area contributed by atoms with Gasteiger partial charge in [-0.15, -0.1) is 0 Å². The lowest BCUT2D eigenvalue weighted by molar-refractivity contribution is 0.0765.